The lowest BCUT2D eigenvalue weighted by molar-refractivity contribution is -0.119. The Hall–Kier alpha value is -1.47. The van der Waals surface area contributed by atoms with E-state index < -0.39 is 15.8 Å². The predicted molar refractivity (Wildman–Crippen MR) is 86.0 cm³/mol. The largest absolute Gasteiger partial charge is 0.356 e. The van der Waals surface area contributed by atoms with Gasteiger partial charge in [0.2, 0.25) is 15.9 Å². The number of carbonyl (C=O) groups excluding carboxylic acids is 1. The first kappa shape index (κ1) is 17.9. The normalized spacial score (nSPS) is 19.5. The number of carbonyl (C=O) groups is 1. The molecule has 0 aliphatic carbocycles. The molecule has 0 unspecified atom stereocenters. The lowest BCUT2D eigenvalue weighted by Gasteiger charge is -2.35. The first-order valence-electron chi connectivity index (χ1n) is 7.85. The van der Waals surface area contributed by atoms with E-state index in [1.165, 1.54) is 23.4 Å². The van der Waals surface area contributed by atoms with Crippen molar-refractivity contribution in [2.45, 2.75) is 50.5 Å². The van der Waals surface area contributed by atoms with Gasteiger partial charge in [-0.15, -0.1) is 0 Å². The maximum atomic E-state index is 13.5. The number of piperidine rings is 1. The number of hydrogen-bond donors (Lipinski definition) is 1. The second-order valence-electron chi connectivity index (χ2n) is 5.95. The van der Waals surface area contributed by atoms with E-state index in [9.17, 15) is 17.6 Å². The molecule has 1 saturated heterocycles. The summed E-state index contributed by atoms with van der Waals surface area (Å²) in [6.45, 7) is 3.98. The van der Waals surface area contributed by atoms with Crippen molar-refractivity contribution < 1.29 is 17.6 Å². The van der Waals surface area contributed by atoms with Crippen LogP contribution in [0.3, 0.4) is 0 Å². The highest BCUT2D eigenvalue weighted by Gasteiger charge is 2.34. The Morgan fingerprint density at radius 1 is 1.39 bits per heavy atom. The van der Waals surface area contributed by atoms with Crippen LogP contribution in [0, 0.1) is 12.7 Å². The van der Waals surface area contributed by atoms with Crippen molar-refractivity contribution in [2.75, 3.05) is 13.1 Å². The van der Waals surface area contributed by atoms with Crippen LogP contribution >= 0.6 is 0 Å². The van der Waals surface area contributed by atoms with Crippen LogP contribution in [0.15, 0.2) is 23.1 Å². The first-order valence-corrected chi connectivity index (χ1v) is 9.29. The lowest BCUT2D eigenvalue weighted by atomic mass is 10.0. The number of benzene rings is 1. The van der Waals surface area contributed by atoms with Crippen LogP contribution in [0.2, 0.25) is 0 Å². The van der Waals surface area contributed by atoms with Crippen molar-refractivity contribution in [3.8, 4) is 0 Å². The minimum absolute atomic E-state index is 0.0314. The minimum atomic E-state index is -3.73. The van der Waals surface area contributed by atoms with E-state index >= 15 is 0 Å². The summed E-state index contributed by atoms with van der Waals surface area (Å²) in [5.74, 6) is -0.683. The molecule has 5 nitrogen and oxygen atoms in total. The van der Waals surface area contributed by atoms with Gasteiger partial charge in [-0.2, -0.15) is 4.31 Å². The van der Waals surface area contributed by atoms with Crippen molar-refractivity contribution in [1.82, 2.24) is 9.62 Å². The first-order chi connectivity index (χ1) is 10.8. The fourth-order valence-corrected chi connectivity index (χ4v) is 4.93. The monoisotopic (exact) mass is 342 g/mol. The molecule has 1 aliphatic rings. The summed E-state index contributed by atoms with van der Waals surface area (Å²) in [5.41, 5.74) is 0.539. The molecule has 0 aromatic heterocycles. The fourth-order valence-electron chi connectivity index (χ4n) is 2.97. The molecule has 1 fully saturated rings. The number of aryl methyl sites for hydroxylation is 1. The van der Waals surface area contributed by atoms with Crippen molar-refractivity contribution in [3.63, 3.8) is 0 Å². The van der Waals surface area contributed by atoms with Gasteiger partial charge in [-0.3, -0.25) is 4.79 Å². The summed E-state index contributed by atoms with van der Waals surface area (Å²) in [4.78, 5) is 11.0. The van der Waals surface area contributed by atoms with Crippen molar-refractivity contribution >= 4 is 15.9 Å². The van der Waals surface area contributed by atoms with Crippen molar-refractivity contribution in [3.05, 3.63) is 29.6 Å². The van der Waals surface area contributed by atoms with Crippen LogP contribution in [0.5, 0.6) is 0 Å². The van der Waals surface area contributed by atoms with Gasteiger partial charge in [0.1, 0.15) is 5.82 Å². The smallest absolute Gasteiger partial charge is 0.243 e. The second-order valence-corrected chi connectivity index (χ2v) is 7.81. The van der Waals surface area contributed by atoms with Crippen molar-refractivity contribution in [1.29, 1.82) is 0 Å². The summed E-state index contributed by atoms with van der Waals surface area (Å²) in [5, 5.41) is 2.70. The van der Waals surface area contributed by atoms with Crippen LogP contribution in [0.1, 0.15) is 38.2 Å². The number of hydrogen-bond acceptors (Lipinski definition) is 3. The Kier molecular flexibility index (Phi) is 5.75. The summed E-state index contributed by atoms with van der Waals surface area (Å²) in [6.07, 6.45) is 3.07. The molecule has 0 radical (unpaired) electrons. The Morgan fingerprint density at radius 3 is 2.83 bits per heavy atom. The van der Waals surface area contributed by atoms with E-state index in [0.717, 1.165) is 25.3 Å². The van der Waals surface area contributed by atoms with E-state index in [4.69, 9.17) is 0 Å². The molecule has 1 aliphatic heterocycles. The highest BCUT2D eigenvalue weighted by molar-refractivity contribution is 7.89. The molecule has 23 heavy (non-hydrogen) atoms. The Balaban J connectivity index is 2.24. The number of sulfonamides is 1. The highest BCUT2D eigenvalue weighted by atomic mass is 32.2. The number of rotatable bonds is 5. The fraction of sp³-hybridized carbons (Fsp3) is 0.562. The third-order valence-corrected chi connectivity index (χ3v) is 6.26. The van der Waals surface area contributed by atoms with Crippen LogP contribution in [-0.2, 0) is 14.8 Å². The zero-order valence-corrected chi connectivity index (χ0v) is 14.3. The van der Waals surface area contributed by atoms with E-state index in [-0.39, 0.29) is 16.8 Å². The highest BCUT2D eigenvalue weighted by Crippen LogP contribution is 2.28. The molecule has 0 spiro atoms. The lowest BCUT2D eigenvalue weighted by Crippen LogP contribution is -2.45. The van der Waals surface area contributed by atoms with Gasteiger partial charge < -0.3 is 5.32 Å². The molecule has 7 heteroatoms. The molecule has 1 aromatic carbocycles. The summed E-state index contributed by atoms with van der Waals surface area (Å²) >= 11 is 0. The van der Waals surface area contributed by atoms with Gasteiger partial charge in [-0.25, -0.2) is 12.8 Å². The number of amides is 1. The number of nitrogens with zero attached hydrogens (tertiary/aromatic N) is 1. The molecule has 0 bridgehead atoms. The van der Waals surface area contributed by atoms with Crippen LogP contribution in [0.4, 0.5) is 4.39 Å². The van der Waals surface area contributed by atoms with Crippen LogP contribution < -0.4 is 5.32 Å². The third-order valence-electron chi connectivity index (χ3n) is 4.16. The SMILES string of the molecule is CC(=O)NCC[C@@H]1CCCCN1S(=O)(=O)c1cc(F)ccc1C. The van der Waals surface area contributed by atoms with Gasteiger partial charge in [0.15, 0.2) is 0 Å². The Labute approximate surface area is 136 Å². The van der Waals surface area contributed by atoms with E-state index in [1.54, 1.807) is 6.92 Å². The minimum Gasteiger partial charge on any atom is -0.356 e. The Bertz CT molecular complexity index is 676. The third kappa shape index (κ3) is 4.29. The topological polar surface area (TPSA) is 66.5 Å². The van der Waals surface area contributed by atoms with Crippen LogP contribution in [0.25, 0.3) is 0 Å². The standard InChI is InChI=1S/C16H23FN2O3S/c1-12-6-7-14(17)11-16(12)23(21,22)19-10-4-3-5-15(19)8-9-18-13(2)20/h6-7,11,15H,3-5,8-10H2,1-2H3,(H,18,20)/t15-/m0/s1. The quantitative estimate of drug-likeness (QED) is 0.892. The summed E-state index contributed by atoms with van der Waals surface area (Å²) in [7, 11) is -3.73. The van der Waals surface area contributed by atoms with E-state index in [0.29, 0.717) is 25.1 Å². The van der Waals surface area contributed by atoms with E-state index in [2.05, 4.69) is 5.32 Å². The molecule has 128 valence electrons. The molecule has 1 amide bonds. The molecular formula is C16H23FN2O3S. The van der Waals surface area contributed by atoms with Gasteiger partial charge in [-0.05, 0) is 43.9 Å². The second kappa shape index (κ2) is 7.40. The zero-order chi connectivity index (χ0) is 17.0. The maximum Gasteiger partial charge on any atom is 0.243 e. The molecule has 1 N–H and O–H groups in total. The molecule has 1 atom stereocenters. The molecule has 0 saturated carbocycles. The Morgan fingerprint density at radius 2 is 2.13 bits per heavy atom. The van der Waals surface area contributed by atoms with Gasteiger partial charge in [0, 0.05) is 26.1 Å². The summed E-state index contributed by atoms with van der Waals surface area (Å²) in [6, 6.07) is 3.67. The molecular weight excluding hydrogens is 319 g/mol. The average molecular weight is 342 g/mol. The van der Waals surface area contributed by atoms with E-state index in [1.807, 2.05) is 0 Å². The summed E-state index contributed by atoms with van der Waals surface area (Å²) < 4.78 is 40.9. The van der Waals surface area contributed by atoms with Crippen molar-refractivity contribution in [2.24, 2.45) is 0 Å². The van der Waals surface area contributed by atoms with Gasteiger partial charge in [0.25, 0.3) is 0 Å². The molecule has 1 aromatic rings. The number of halogens is 1. The van der Waals surface area contributed by atoms with Gasteiger partial charge in [-0.1, -0.05) is 12.5 Å². The van der Waals surface area contributed by atoms with Gasteiger partial charge in [0.05, 0.1) is 4.90 Å². The molecule has 2 rings (SSSR count). The average Bonchev–Trinajstić information content (AvgIpc) is 2.49. The van der Waals surface area contributed by atoms with Crippen LogP contribution in [-0.4, -0.2) is 37.8 Å². The number of nitrogens with one attached hydrogen (secondary N) is 1. The predicted octanol–water partition coefficient (Wildman–Crippen LogP) is 2.20. The zero-order valence-electron chi connectivity index (χ0n) is 13.5. The maximum absolute atomic E-state index is 13.5. The molecule has 1 heterocycles. The van der Waals surface area contributed by atoms with Gasteiger partial charge >= 0.3 is 0 Å².